The van der Waals surface area contributed by atoms with Gasteiger partial charge in [0, 0.05) is 5.69 Å². The summed E-state index contributed by atoms with van der Waals surface area (Å²) in [5.74, 6) is -0.932. The normalized spacial score (nSPS) is 11.1. The molecule has 0 aromatic heterocycles. The Morgan fingerprint density at radius 2 is 1.62 bits per heavy atom. The summed E-state index contributed by atoms with van der Waals surface area (Å²) in [6.45, 7) is 2.91. The summed E-state index contributed by atoms with van der Waals surface area (Å²) in [6, 6.07) is 9.63. The fourth-order valence-electron chi connectivity index (χ4n) is 2.03. The number of aliphatic carboxylic acids is 1. The number of carboxylic acid groups (broad SMARTS) is 1. The van der Waals surface area contributed by atoms with Crippen molar-refractivity contribution in [3.63, 3.8) is 0 Å². The highest BCUT2D eigenvalue weighted by atomic mass is 35.5. The van der Waals surface area contributed by atoms with E-state index in [2.05, 4.69) is 5.32 Å². The molecule has 0 fully saturated rings. The zero-order chi connectivity index (χ0) is 19.5. The first-order valence-electron chi connectivity index (χ1n) is 7.54. The predicted molar refractivity (Wildman–Crippen MR) is 103 cm³/mol. The summed E-state index contributed by atoms with van der Waals surface area (Å²) in [4.78, 5) is 23.2. The van der Waals surface area contributed by atoms with E-state index in [0.29, 0.717) is 11.4 Å². The van der Waals surface area contributed by atoms with Crippen molar-refractivity contribution in [3.8, 4) is 5.75 Å². The molecule has 0 saturated carbocycles. The van der Waals surface area contributed by atoms with Crippen LogP contribution in [0.1, 0.15) is 19.4 Å². The van der Waals surface area contributed by atoms with Crippen LogP contribution >= 0.6 is 34.8 Å². The summed E-state index contributed by atoms with van der Waals surface area (Å²) >= 11 is 17.7. The van der Waals surface area contributed by atoms with Crippen LogP contribution in [-0.4, -0.2) is 22.6 Å². The van der Waals surface area contributed by atoms with E-state index in [1.807, 2.05) is 0 Å². The summed E-state index contributed by atoms with van der Waals surface area (Å²) in [5, 5.41) is 12.5. The Hall–Kier alpha value is -1.95. The van der Waals surface area contributed by atoms with Gasteiger partial charge < -0.3 is 15.2 Å². The van der Waals surface area contributed by atoms with Crippen LogP contribution in [0.5, 0.6) is 5.75 Å². The second-order valence-corrected chi connectivity index (χ2v) is 7.23. The molecule has 2 aromatic carbocycles. The van der Waals surface area contributed by atoms with Gasteiger partial charge in [0.25, 0.3) is 0 Å². The zero-order valence-corrected chi connectivity index (χ0v) is 16.2. The van der Waals surface area contributed by atoms with Crippen molar-refractivity contribution >= 4 is 52.4 Å². The highest BCUT2D eigenvalue weighted by molar-refractivity contribution is 6.48. The maximum absolute atomic E-state index is 12.2. The van der Waals surface area contributed by atoms with Crippen LogP contribution in [0.4, 0.5) is 5.69 Å². The van der Waals surface area contributed by atoms with E-state index in [1.165, 1.54) is 26.0 Å². The molecule has 138 valence electrons. The van der Waals surface area contributed by atoms with Crippen LogP contribution in [0, 0.1) is 0 Å². The molecule has 0 aliphatic rings. The van der Waals surface area contributed by atoms with E-state index < -0.39 is 11.6 Å². The molecule has 1 amide bonds. The first kappa shape index (κ1) is 20.4. The number of nitrogens with one attached hydrogen (secondary N) is 1. The Bertz CT molecular complexity index is 812. The number of anilines is 1. The number of rotatable bonds is 6. The van der Waals surface area contributed by atoms with Crippen molar-refractivity contribution in [1.82, 2.24) is 0 Å². The van der Waals surface area contributed by atoms with Crippen LogP contribution in [0.2, 0.25) is 15.1 Å². The molecular formula is C18H16Cl3NO4. The number of hydrogen-bond acceptors (Lipinski definition) is 3. The molecule has 0 saturated heterocycles. The maximum Gasteiger partial charge on any atom is 0.347 e. The molecule has 2 aromatic rings. The van der Waals surface area contributed by atoms with Gasteiger partial charge in [-0.3, -0.25) is 4.79 Å². The quantitative estimate of drug-likeness (QED) is 0.645. The standard InChI is InChI=1S/C18H16Cl3NO4/c1-18(2,17(24)25)26-12-5-3-10(4-6-12)7-15(23)22-11-8-13(19)16(21)14(20)9-11/h3-6,8-9H,7H2,1-2H3,(H,22,23)(H,24,25). The van der Waals surface area contributed by atoms with E-state index in [0.717, 1.165) is 5.56 Å². The zero-order valence-electron chi connectivity index (χ0n) is 14.0. The van der Waals surface area contributed by atoms with Crippen molar-refractivity contribution in [2.75, 3.05) is 5.32 Å². The van der Waals surface area contributed by atoms with E-state index in [4.69, 9.17) is 44.6 Å². The maximum atomic E-state index is 12.2. The van der Waals surface area contributed by atoms with Gasteiger partial charge in [-0.15, -0.1) is 0 Å². The molecule has 5 nitrogen and oxygen atoms in total. The van der Waals surface area contributed by atoms with Gasteiger partial charge in [-0.05, 0) is 43.7 Å². The number of hydrogen-bond donors (Lipinski definition) is 2. The number of halogens is 3. The Morgan fingerprint density at radius 3 is 2.12 bits per heavy atom. The predicted octanol–water partition coefficient (Wildman–Crippen LogP) is 5.07. The highest BCUT2D eigenvalue weighted by Gasteiger charge is 2.29. The number of carbonyl (C=O) groups excluding carboxylic acids is 1. The third-order valence-electron chi connectivity index (χ3n) is 3.44. The van der Waals surface area contributed by atoms with Gasteiger partial charge in [0.1, 0.15) is 5.75 Å². The van der Waals surface area contributed by atoms with Crippen molar-refractivity contribution < 1.29 is 19.4 Å². The fraction of sp³-hybridized carbons (Fsp3) is 0.222. The fourth-order valence-corrected chi connectivity index (χ4v) is 2.63. The number of ether oxygens (including phenoxy) is 1. The van der Waals surface area contributed by atoms with Crippen LogP contribution in [0.3, 0.4) is 0 Å². The molecular weight excluding hydrogens is 401 g/mol. The second kappa shape index (κ2) is 8.16. The minimum atomic E-state index is -1.34. The van der Waals surface area contributed by atoms with E-state index >= 15 is 0 Å². The largest absolute Gasteiger partial charge is 0.478 e. The minimum Gasteiger partial charge on any atom is -0.478 e. The Balaban J connectivity index is 2.00. The minimum absolute atomic E-state index is 0.112. The Morgan fingerprint density at radius 1 is 1.08 bits per heavy atom. The van der Waals surface area contributed by atoms with Gasteiger partial charge in [-0.2, -0.15) is 0 Å². The number of benzene rings is 2. The van der Waals surface area contributed by atoms with Gasteiger partial charge in [-0.1, -0.05) is 46.9 Å². The van der Waals surface area contributed by atoms with Gasteiger partial charge in [-0.25, -0.2) is 4.79 Å². The van der Waals surface area contributed by atoms with Crippen molar-refractivity contribution in [2.24, 2.45) is 0 Å². The average molecular weight is 417 g/mol. The Kier molecular flexibility index (Phi) is 6.39. The van der Waals surface area contributed by atoms with E-state index in [9.17, 15) is 9.59 Å². The third-order valence-corrected chi connectivity index (χ3v) is 4.64. The number of carboxylic acids is 1. The number of amides is 1. The van der Waals surface area contributed by atoms with Gasteiger partial charge in [0.05, 0.1) is 21.5 Å². The SMILES string of the molecule is CC(C)(Oc1ccc(CC(=O)Nc2cc(Cl)c(Cl)c(Cl)c2)cc1)C(=O)O. The first-order chi connectivity index (χ1) is 12.1. The molecule has 0 spiro atoms. The molecule has 0 radical (unpaired) electrons. The molecule has 2 rings (SSSR count). The van der Waals surface area contributed by atoms with Crippen LogP contribution in [0.25, 0.3) is 0 Å². The summed E-state index contributed by atoms with van der Waals surface area (Å²) < 4.78 is 5.41. The van der Waals surface area contributed by atoms with Gasteiger partial charge >= 0.3 is 5.97 Å². The molecule has 2 N–H and O–H groups in total. The van der Waals surface area contributed by atoms with Gasteiger partial charge in [0.15, 0.2) is 5.60 Å². The van der Waals surface area contributed by atoms with Gasteiger partial charge in [0.2, 0.25) is 5.91 Å². The van der Waals surface area contributed by atoms with Crippen LogP contribution in [-0.2, 0) is 16.0 Å². The lowest BCUT2D eigenvalue weighted by Crippen LogP contribution is -2.37. The molecule has 0 unspecified atom stereocenters. The first-order valence-corrected chi connectivity index (χ1v) is 8.67. The molecule has 0 aliphatic carbocycles. The van der Waals surface area contributed by atoms with Crippen LogP contribution < -0.4 is 10.1 Å². The Labute approximate surface area is 165 Å². The molecule has 26 heavy (non-hydrogen) atoms. The lowest BCUT2D eigenvalue weighted by molar-refractivity contribution is -0.152. The second-order valence-electron chi connectivity index (χ2n) is 6.04. The van der Waals surface area contributed by atoms with E-state index in [1.54, 1.807) is 24.3 Å². The van der Waals surface area contributed by atoms with Crippen molar-refractivity contribution in [1.29, 1.82) is 0 Å². The third kappa shape index (κ3) is 5.27. The lowest BCUT2D eigenvalue weighted by atomic mass is 10.1. The smallest absolute Gasteiger partial charge is 0.347 e. The summed E-state index contributed by atoms with van der Waals surface area (Å²) in [5.41, 5.74) is -0.168. The highest BCUT2D eigenvalue weighted by Crippen LogP contribution is 2.33. The molecule has 0 aliphatic heterocycles. The van der Waals surface area contributed by atoms with E-state index in [-0.39, 0.29) is 27.4 Å². The summed E-state index contributed by atoms with van der Waals surface area (Å²) in [7, 11) is 0. The lowest BCUT2D eigenvalue weighted by Gasteiger charge is -2.21. The van der Waals surface area contributed by atoms with Crippen molar-refractivity contribution in [3.05, 3.63) is 57.0 Å². The van der Waals surface area contributed by atoms with Crippen LogP contribution in [0.15, 0.2) is 36.4 Å². The average Bonchev–Trinajstić information content (AvgIpc) is 2.54. The number of carbonyl (C=O) groups is 2. The van der Waals surface area contributed by atoms with Crippen molar-refractivity contribution in [2.45, 2.75) is 25.9 Å². The molecule has 0 bridgehead atoms. The topological polar surface area (TPSA) is 75.6 Å². The molecule has 0 heterocycles. The molecule has 0 atom stereocenters. The monoisotopic (exact) mass is 415 g/mol. The summed E-state index contributed by atoms with van der Waals surface area (Å²) in [6.07, 6.45) is 0.112. The molecule has 8 heteroatoms.